The second-order valence-electron chi connectivity index (χ2n) is 9.80. The third kappa shape index (κ3) is 4.02. The van der Waals surface area contributed by atoms with Crippen molar-refractivity contribution in [2.75, 3.05) is 50.9 Å². The van der Waals surface area contributed by atoms with E-state index in [1.807, 2.05) is 0 Å². The molecule has 172 valence electrons. The van der Waals surface area contributed by atoms with E-state index in [0.29, 0.717) is 18.0 Å². The molecular formula is C25H33N3O4. The fourth-order valence-corrected chi connectivity index (χ4v) is 5.91. The SMILES string of the molecule is c1ccc(C2CCN([C@@H]3COC4(C3)CN(c3ncco3)C4)CC2)c(OC2CCOCC2)c1. The van der Waals surface area contributed by atoms with E-state index in [0.717, 1.165) is 71.0 Å². The summed E-state index contributed by atoms with van der Waals surface area (Å²) in [7, 11) is 0. The minimum atomic E-state index is -0.0138. The van der Waals surface area contributed by atoms with Gasteiger partial charge in [-0.25, -0.2) is 4.98 Å². The van der Waals surface area contributed by atoms with Crippen molar-refractivity contribution in [3.05, 3.63) is 42.3 Å². The zero-order chi connectivity index (χ0) is 21.4. The molecule has 5 heterocycles. The van der Waals surface area contributed by atoms with Crippen LogP contribution in [0, 0.1) is 0 Å². The summed E-state index contributed by atoms with van der Waals surface area (Å²) >= 11 is 0. The van der Waals surface area contributed by atoms with Gasteiger partial charge in [0.25, 0.3) is 6.01 Å². The lowest BCUT2D eigenvalue weighted by Gasteiger charge is -2.46. The van der Waals surface area contributed by atoms with Gasteiger partial charge in [0.15, 0.2) is 0 Å². The van der Waals surface area contributed by atoms with E-state index in [9.17, 15) is 0 Å². The number of hydrogen-bond acceptors (Lipinski definition) is 7. The Balaban J connectivity index is 1.03. The lowest BCUT2D eigenvalue weighted by atomic mass is 9.86. The number of anilines is 1. The van der Waals surface area contributed by atoms with Crippen LogP contribution in [0.25, 0.3) is 0 Å². The average molecular weight is 440 g/mol. The van der Waals surface area contributed by atoms with Crippen molar-refractivity contribution in [2.24, 2.45) is 0 Å². The molecule has 0 amide bonds. The van der Waals surface area contributed by atoms with Crippen LogP contribution in [0.4, 0.5) is 6.01 Å². The van der Waals surface area contributed by atoms with E-state index in [1.165, 1.54) is 18.4 Å². The van der Waals surface area contributed by atoms with Gasteiger partial charge < -0.3 is 23.5 Å². The van der Waals surface area contributed by atoms with Crippen LogP contribution in [0.3, 0.4) is 0 Å². The molecule has 0 unspecified atom stereocenters. The molecular weight excluding hydrogens is 406 g/mol. The summed E-state index contributed by atoms with van der Waals surface area (Å²) in [6, 6.07) is 9.92. The number of benzene rings is 1. The van der Waals surface area contributed by atoms with Crippen LogP contribution in [0.1, 0.15) is 43.6 Å². The van der Waals surface area contributed by atoms with Crippen molar-refractivity contribution in [2.45, 2.75) is 55.8 Å². The van der Waals surface area contributed by atoms with Crippen molar-refractivity contribution in [1.82, 2.24) is 9.88 Å². The molecule has 1 spiro atoms. The smallest absolute Gasteiger partial charge is 0.297 e. The van der Waals surface area contributed by atoms with Gasteiger partial charge in [-0.05, 0) is 49.9 Å². The molecule has 1 aromatic heterocycles. The molecule has 2 aromatic rings. The highest BCUT2D eigenvalue weighted by Crippen LogP contribution is 2.41. The van der Waals surface area contributed by atoms with Gasteiger partial charge >= 0.3 is 0 Å². The monoisotopic (exact) mass is 439 g/mol. The average Bonchev–Trinajstić information content (AvgIpc) is 3.50. The molecule has 0 bridgehead atoms. The second-order valence-corrected chi connectivity index (χ2v) is 9.80. The number of oxazole rings is 1. The molecule has 4 aliphatic rings. The fourth-order valence-electron chi connectivity index (χ4n) is 5.91. The van der Waals surface area contributed by atoms with E-state index in [2.05, 4.69) is 39.0 Å². The molecule has 4 aliphatic heterocycles. The zero-order valence-corrected chi connectivity index (χ0v) is 18.7. The standard InChI is InChI=1S/C25H33N3O4/c1-2-4-23(32-21-7-12-29-13-8-21)22(3-1)19-5-10-27(11-6-19)20-15-25(31-16-20)17-28(18-25)24-26-9-14-30-24/h1-4,9,14,19-21H,5-8,10-13,15-18H2/t20-/m0/s1. The van der Waals surface area contributed by atoms with Gasteiger partial charge in [0.05, 0.1) is 39.1 Å². The molecule has 4 fully saturated rings. The van der Waals surface area contributed by atoms with E-state index in [-0.39, 0.29) is 11.7 Å². The summed E-state index contributed by atoms with van der Waals surface area (Å²) in [5.41, 5.74) is 1.37. The first-order valence-electron chi connectivity index (χ1n) is 12.1. The first-order chi connectivity index (χ1) is 15.8. The van der Waals surface area contributed by atoms with Gasteiger partial charge in [0.2, 0.25) is 0 Å². The number of nitrogens with zero attached hydrogens (tertiary/aromatic N) is 3. The topological polar surface area (TPSA) is 60.2 Å². The molecule has 4 saturated heterocycles. The van der Waals surface area contributed by atoms with Crippen molar-refractivity contribution >= 4 is 6.01 Å². The van der Waals surface area contributed by atoms with Gasteiger partial charge in [-0.2, -0.15) is 0 Å². The second kappa shape index (κ2) is 8.69. The number of para-hydroxylation sites is 1. The summed E-state index contributed by atoms with van der Waals surface area (Å²) in [5, 5.41) is 0. The lowest BCUT2D eigenvalue weighted by Crippen LogP contribution is -2.62. The first-order valence-corrected chi connectivity index (χ1v) is 12.1. The Kier molecular flexibility index (Phi) is 5.57. The lowest BCUT2D eigenvalue weighted by molar-refractivity contribution is -0.0215. The predicted octanol–water partition coefficient (Wildman–Crippen LogP) is 3.46. The van der Waals surface area contributed by atoms with Crippen LogP contribution in [0.2, 0.25) is 0 Å². The highest BCUT2D eigenvalue weighted by molar-refractivity contribution is 5.37. The Morgan fingerprint density at radius 1 is 1.03 bits per heavy atom. The predicted molar refractivity (Wildman–Crippen MR) is 120 cm³/mol. The van der Waals surface area contributed by atoms with Crippen LogP contribution in [-0.2, 0) is 9.47 Å². The molecule has 0 N–H and O–H groups in total. The number of piperidine rings is 1. The Morgan fingerprint density at radius 2 is 1.84 bits per heavy atom. The molecule has 1 atom stereocenters. The molecule has 32 heavy (non-hydrogen) atoms. The van der Waals surface area contributed by atoms with Crippen LogP contribution < -0.4 is 9.64 Å². The molecule has 0 radical (unpaired) electrons. The van der Waals surface area contributed by atoms with E-state index >= 15 is 0 Å². The Bertz CT molecular complexity index is 884. The molecule has 1 aromatic carbocycles. The van der Waals surface area contributed by atoms with E-state index in [4.69, 9.17) is 18.6 Å². The molecule has 7 heteroatoms. The van der Waals surface area contributed by atoms with Gasteiger partial charge in [-0.15, -0.1) is 0 Å². The van der Waals surface area contributed by atoms with Crippen molar-refractivity contribution < 1.29 is 18.6 Å². The summed E-state index contributed by atoms with van der Waals surface area (Å²) in [4.78, 5) is 9.08. The van der Waals surface area contributed by atoms with E-state index < -0.39 is 0 Å². The summed E-state index contributed by atoms with van der Waals surface area (Å²) in [6.07, 6.45) is 9.08. The Hall–Kier alpha value is -2.09. The summed E-state index contributed by atoms with van der Waals surface area (Å²) in [6.45, 7) is 6.49. The first kappa shape index (κ1) is 20.5. The van der Waals surface area contributed by atoms with Crippen LogP contribution in [0.5, 0.6) is 5.75 Å². The number of aromatic nitrogens is 1. The highest BCUT2D eigenvalue weighted by atomic mass is 16.5. The normalized spacial score (nSPS) is 27.0. The largest absolute Gasteiger partial charge is 0.490 e. The number of hydrogen-bond donors (Lipinski definition) is 0. The molecule has 7 nitrogen and oxygen atoms in total. The molecule has 0 aliphatic carbocycles. The van der Waals surface area contributed by atoms with Crippen molar-refractivity contribution in [3.63, 3.8) is 0 Å². The van der Waals surface area contributed by atoms with Gasteiger partial charge in [-0.1, -0.05) is 18.2 Å². The zero-order valence-electron chi connectivity index (χ0n) is 18.7. The summed E-state index contributed by atoms with van der Waals surface area (Å²) in [5.74, 6) is 1.66. The summed E-state index contributed by atoms with van der Waals surface area (Å²) < 4.78 is 23.6. The van der Waals surface area contributed by atoms with Gasteiger partial charge in [-0.3, -0.25) is 4.90 Å². The van der Waals surface area contributed by atoms with Crippen LogP contribution in [-0.4, -0.2) is 73.6 Å². The maximum absolute atomic E-state index is 6.43. The van der Waals surface area contributed by atoms with Crippen LogP contribution >= 0.6 is 0 Å². The van der Waals surface area contributed by atoms with Crippen molar-refractivity contribution in [1.29, 1.82) is 0 Å². The quantitative estimate of drug-likeness (QED) is 0.707. The third-order valence-electron chi connectivity index (χ3n) is 7.70. The van der Waals surface area contributed by atoms with Crippen molar-refractivity contribution in [3.8, 4) is 5.75 Å². The third-order valence-corrected chi connectivity index (χ3v) is 7.70. The van der Waals surface area contributed by atoms with Crippen LogP contribution in [0.15, 0.2) is 41.1 Å². The fraction of sp³-hybridized carbons (Fsp3) is 0.640. The van der Waals surface area contributed by atoms with E-state index in [1.54, 1.807) is 12.5 Å². The Labute approximate surface area is 189 Å². The molecule has 6 rings (SSSR count). The number of rotatable bonds is 5. The highest BCUT2D eigenvalue weighted by Gasteiger charge is 2.52. The number of likely N-dealkylation sites (tertiary alicyclic amines) is 1. The maximum atomic E-state index is 6.43. The number of ether oxygens (including phenoxy) is 3. The minimum absolute atomic E-state index is 0.0138. The maximum Gasteiger partial charge on any atom is 0.297 e. The van der Waals surface area contributed by atoms with Gasteiger partial charge in [0.1, 0.15) is 23.7 Å². The Morgan fingerprint density at radius 3 is 2.62 bits per heavy atom. The molecule has 0 saturated carbocycles. The van der Waals surface area contributed by atoms with Gasteiger partial charge in [0, 0.05) is 18.9 Å². The minimum Gasteiger partial charge on any atom is -0.490 e.